The zero-order valence-electron chi connectivity index (χ0n) is 15.0. The Hall–Kier alpha value is -3.15. The quantitative estimate of drug-likeness (QED) is 0.673. The first-order valence-corrected chi connectivity index (χ1v) is 9.10. The van der Waals surface area contributed by atoms with Gasteiger partial charge in [0.1, 0.15) is 23.8 Å². The predicted molar refractivity (Wildman–Crippen MR) is 99.0 cm³/mol. The van der Waals surface area contributed by atoms with Crippen LogP contribution < -0.4 is 4.74 Å². The van der Waals surface area contributed by atoms with Gasteiger partial charge in [0.25, 0.3) is 0 Å². The molecule has 0 saturated heterocycles. The number of carbonyl (C=O) groups is 1. The third kappa shape index (κ3) is 4.16. The van der Waals surface area contributed by atoms with Crippen LogP contribution >= 0.6 is 0 Å². The summed E-state index contributed by atoms with van der Waals surface area (Å²) in [7, 11) is 0. The summed E-state index contributed by atoms with van der Waals surface area (Å²) in [6.45, 7) is 1.49. The molecule has 4 rings (SSSR count). The van der Waals surface area contributed by atoms with Gasteiger partial charge in [-0.25, -0.2) is 0 Å². The third-order valence-electron chi connectivity index (χ3n) is 4.74. The molecule has 27 heavy (non-hydrogen) atoms. The van der Waals surface area contributed by atoms with Gasteiger partial charge >= 0.3 is 0 Å². The lowest BCUT2D eigenvalue weighted by atomic mass is 10.0. The molecule has 138 valence electrons. The number of pyridine rings is 1. The summed E-state index contributed by atoms with van der Waals surface area (Å²) in [5, 5.41) is 4.14. The molecule has 1 aromatic carbocycles. The van der Waals surface area contributed by atoms with Crippen molar-refractivity contribution in [1.29, 1.82) is 0 Å². The molecule has 6 nitrogen and oxygen atoms in total. The Morgan fingerprint density at radius 3 is 2.89 bits per heavy atom. The van der Waals surface area contributed by atoms with Gasteiger partial charge in [-0.15, -0.1) is 0 Å². The van der Waals surface area contributed by atoms with Crippen LogP contribution in [0.2, 0.25) is 0 Å². The normalized spacial score (nSPS) is 13.3. The van der Waals surface area contributed by atoms with Crippen molar-refractivity contribution in [3.63, 3.8) is 0 Å². The topological polar surface area (TPSA) is 68.5 Å². The van der Waals surface area contributed by atoms with E-state index < -0.39 is 0 Å². The van der Waals surface area contributed by atoms with Gasteiger partial charge < -0.3 is 14.2 Å². The summed E-state index contributed by atoms with van der Waals surface area (Å²) in [6.07, 6.45) is 5.30. The molecule has 1 aliphatic heterocycles. The highest BCUT2D eigenvalue weighted by Crippen LogP contribution is 2.24. The average molecular weight is 363 g/mol. The molecule has 0 N–H and O–H groups in total. The molecule has 0 aliphatic carbocycles. The molecular formula is C21H21N3O3. The molecule has 3 aromatic rings. The summed E-state index contributed by atoms with van der Waals surface area (Å²) in [6, 6.07) is 13.8. The van der Waals surface area contributed by atoms with E-state index in [-0.39, 0.29) is 5.91 Å². The van der Waals surface area contributed by atoms with E-state index in [1.54, 1.807) is 12.4 Å². The molecule has 0 saturated carbocycles. The molecule has 0 atom stereocenters. The molecule has 0 unspecified atom stereocenters. The van der Waals surface area contributed by atoms with Crippen molar-refractivity contribution in [2.45, 2.75) is 32.4 Å². The molecule has 0 bridgehead atoms. The van der Waals surface area contributed by atoms with Gasteiger partial charge in [-0.2, -0.15) is 0 Å². The highest BCUT2D eigenvalue weighted by molar-refractivity contribution is 5.76. The Kier molecular flexibility index (Phi) is 5.14. The minimum absolute atomic E-state index is 0.157. The van der Waals surface area contributed by atoms with Crippen LogP contribution in [0.15, 0.2) is 59.4 Å². The van der Waals surface area contributed by atoms with E-state index in [4.69, 9.17) is 9.26 Å². The lowest BCUT2D eigenvalue weighted by Gasteiger charge is -2.26. The Balaban J connectivity index is 1.37. The summed E-state index contributed by atoms with van der Waals surface area (Å²) >= 11 is 0. The zero-order chi connectivity index (χ0) is 18.5. The predicted octanol–water partition coefficient (Wildman–Crippen LogP) is 3.17. The van der Waals surface area contributed by atoms with Crippen LogP contribution in [-0.4, -0.2) is 27.5 Å². The minimum atomic E-state index is 0.157. The molecule has 3 heterocycles. The van der Waals surface area contributed by atoms with E-state index in [9.17, 15) is 4.79 Å². The maximum atomic E-state index is 12.6. The summed E-state index contributed by atoms with van der Waals surface area (Å²) in [4.78, 5) is 18.5. The summed E-state index contributed by atoms with van der Waals surface area (Å²) in [5.41, 5.74) is 2.90. The Labute approximate surface area is 157 Å². The third-order valence-corrected chi connectivity index (χ3v) is 4.74. The molecule has 0 fully saturated rings. The van der Waals surface area contributed by atoms with E-state index in [1.807, 2.05) is 35.2 Å². The van der Waals surface area contributed by atoms with Crippen molar-refractivity contribution in [3.8, 4) is 5.75 Å². The SMILES string of the molecule is O=C(CCc1ccccc1)N1CCc2onc(COc3cccnc3)c2C1. The second kappa shape index (κ2) is 8.03. The maximum Gasteiger partial charge on any atom is 0.223 e. The molecule has 0 spiro atoms. The van der Waals surface area contributed by atoms with Gasteiger partial charge in [0.2, 0.25) is 5.91 Å². The zero-order valence-corrected chi connectivity index (χ0v) is 15.0. The van der Waals surface area contributed by atoms with Gasteiger partial charge in [0.05, 0.1) is 12.7 Å². The highest BCUT2D eigenvalue weighted by atomic mass is 16.5. The van der Waals surface area contributed by atoms with Crippen molar-refractivity contribution >= 4 is 5.91 Å². The van der Waals surface area contributed by atoms with Gasteiger partial charge in [0.15, 0.2) is 0 Å². The van der Waals surface area contributed by atoms with Crippen LogP contribution in [0.5, 0.6) is 5.75 Å². The van der Waals surface area contributed by atoms with Crippen molar-refractivity contribution in [3.05, 3.63) is 77.4 Å². The van der Waals surface area contributed by atoms with Crippen molar-refractivity contribution in [2.75, 3.05) is 6.54 Å². The Bertz CT molecular complexity index is 894. The van der Waals surface area contributed by atoms with E-state index in [2.05, 4.69) is 22.3 Å². The van der Waals surface area contributed by atoms with Crippen LogP contribution in [0.3, 0.4) is 0 Å². The Morgan fingerprint density at radius 1 is 1.19 bits per heavy atom. The fraction of sp³-hybridized carbons (Fsp3) is 0.286. The van der Waals surface area contributed by atoms with Gasteiger partial charge in [-0.05, 0) is 24.1 Å². The number of fused-ring (bicyclic) bond motifs is 1. The summed E-state index contributed by atoms with van der Waals surface area (Å²) in [5.74, 6) is 1.69. The lowest BCUT2D eigenvalue weighted by Crippen LogP contribution is -2.36. The number of amides is 1. The standard InChI is InChI=1S/C21H21N3O3/c25-21(9-8-16-5-2-1-3-6-16)24-12-10-20-18(14-24)19(23-27-20)15-26-17-7-4-11-22-13-17/h1-7,11,13H,8-10,12,14-15H2. The van der Waals surface area contributed by atoms with Crippen LogP contribution in [0, 0.1) is 0 Å². The molecule has 1 amide bonds. The van der Waals surface area contributed by atoms with Gasteiger partial charge in [-0.1, -0.05) is 35.5 Å². The first-order chi connectivity index (χ1) is 13.3. The number of hydrogen-bond donors (Lipinski definition) is 0. The molecule has 6 heteroatoms. The number of hydrogen-bond acceptors (Lipinski definition) is 5. The van der Waals surface area contributed by atoms with Crippen molar-refractivity contribution < 1.29 is 14.1 Å². The molecule has 2 aromatic heterocycles. The smallest absolute Gasteiger partial charge is 0.223 e. The highest BCUT2D eigenvalue weighted by Gasteiger charge is 2.27. The first-order valence-electron chi connectivity index (χ1n) is 9.10. The summed E-state index contributed by atoms with van der Waals surface area (Å²) < 4.78 is 11.2. The van der Waals surface area contributed by atoms with E-state index in [0.717, 1.165) is 23.4 Å². The van der Waals surface area contributed by atoms with Crippen molar-refractivity contribution in [2.24, 2.45) is 0 Å². The van der Waals surface area contributed by atoms with Crippen LogP contribution in [0.25, 0.3) is 0 Å². The fourth-order valence-electron chi connectivity index (χ4n) is 3.23. The Morgan fingerprint density at radius 2 is 2.07 bits per heavy atom. The number of rotatable bonds is 6. The molecule has 0 radical (unpaired) electrons. The molecular weight excluding hydrogens is 342 g/mol. The second-order valence-electron chi connectivity index (χ2n) is 6.56. The van der Waals surface area contributed by atoms with Gasteiger partial charge in [0, 0.05) is 31.1 Å². The largest absolute Gasteiger partial charge is 0.486 e. The maximum absolute atomic E-state index is 12.6. The minimum Gasteiger partial charge on any atom is -0.486 e. The van der Waals surface area contributed by atoms with E-state index in [1.165, 1.54) is 5.56 Å². The van der Waals surface area contributed by atoms with Crippen LogP contribution in [-0.2, 0) is 30.8 Å². The van der Waals surface area contributed by atoms with Gasteiger partial charge in [-0.3, -0.25) is 9.78 Å². The first kappa shape index (κ1) is 17.3. The lowest BCUT2D eigenvalue weighted by molar-refractivity contribution is -0.132. The number of benzene rings is 1. The van der Waals surface area contributed by atoms with Crippen molar-refractivity contribution in [1.82, 2.24) is 15.0 Å². The van der Waals surface area contributed by atoms with E-state index in [0.29, 0.717) is 38.3 Å². The monoisotopic (exact) mass is 363 g/mol. The second-order valence-corrected chi connectivity index (χ2v) is 6.56. The molecule has 1 aliphatic rings. The number of aryl methyl sites for hydroxylation is 1. The number of nitrogens with zero attached hydrogens (tertiary/aromatic N) is 3. The number of aromatic nitrogens is 2. The average Bonchev–Trinajstić information content (AvgIpc) is 3.14. The van der Waals surface area contributed by atoms with Crippen LogP contribution in [0.1, 0.15) is 29.0 Å². The number of carbonyl (C=O) groups excluding carboxylic acids is 1. The van der Waals surface area contributed by atoms with E-state index >= 15 is 0 Å². The van der Waals surface area contributed by atoms with Crippen LogP contribution in [0.4, 0.5) is 0 Å². The number of ether oxygens (including phenoxy) is 1. The fourth-order valence-corrected chi connectivity index (χ4v) is 3.23.